The van der Waals surface area contributed by atoms with Gasteiger partial charge in [-0.2, -0.15) is 4.98 Å². The molecule has 1 aromatic carbocycles. The fourth-order valence-electron chi connectivity index (χ4n) is 3.22. The smallest absolute Gasteiger partial charge is 0.249 e. The molecule has 0 amide bonds. The molecule has 0 bridgehead atoms. The van der Waals surface area contributed by atoms with E-state index in [9.17, 15) is 0 Å². The average molecular weight is 435 g/mol. The van der Waals surface area contributed by atoms with E-state index in [-0.39, 0.29) is 6.04 Å². The van der Waals surface area contributed by atoms with Crippen LogP contribution in [0.1, 0.15) is 42.0 Å². The van der Waals surface area contributed by atoms with Crippen LogP contribution in [0, 0.1) is 6.92 Å². The van der Waals surface area contributed by atoms with E-state index in [1.165, 1.54) is 0 Å². The normalized spacial score (nSPS) is 17.0. The van der Waals surface area contributed by atoms with Gasteiger partial charge >= 0.3 is 0 Å². The van der Waals surface area contributed by atoms with Crippen molar-refractivity contribution < 1.29 is 4.52 Å². The molecule has 0 unspecified atom stereocenters. The van der Waals surface area contributed by atoms with Gasteiger partial charge in [0.1, 0.15) is 22.8 Å². The van der Waals surface area contributed by atoms with Crippen molar-refractivity contribution in [3.05, 3.63) is 63.1 Å². The van der Waals surface area contributed by atoms with Gasteiger partial charge in [-0.1, -0.05) is 44.8 Å². The molecule has 0 radical (unpaired) electrons. The van der Waals surface area contributed by atoms with E-state index in [4.69, 9.17) is 16.1 Å². The Hall–Kier alpha value is -1.99. The largest absolute Gasteiger partial charge is 0.344 e. The summed E-state index contributed by atoms with van der Waals surface area (Å²) in [4.78, 5) is 15.4. The molecule has 1 atom stereocenters. The van der Waals surface area contributed by atoms with Crippen molar-refractivity contribution in [3.63, 3.8) is 0 Å². The third-order valence-corrected chi connectivity index (χ3v) is 5.11. The molecule has 0 aliphatic carbocycles. The number of rotatable bonds is 4. The summed E-state index contributed by atoms with van der Waals surface area (Å²) in [7, 11) is 0. The highest BCUT2D eigenvalue weighted by Crippen LogP contribution is 2.35. The van der Waals surface area contributed by atoms with E-state index in [0.717, 1.165) is 35.2 Å². The van der Waals surface area contributed by atoms with Crippen LogP contribution < -0.4 is 4.90 Å². The highest BCUT2D eigenvalue weighted by Gasteiger charge is 2.32. The van der Waals surface area contributed by atoms with Crippen molar-refractivity contribution >= 4 is 33.3 Å². The number of anilines is 1. The predicted molar refractivity (Wildman–Crippen MR) is 102 cm³/mol. The summed E-state index contributed by atoms with van der Waals surface area (Å²) in [5, 5.41) is 4.60. The Balaban J connectivity index is 1.55. The Morgan fingerprint density at radius 1 is 1.23 bits per heavy atom. The fraction of sp³-hybridized carbons (Fsp3) is 0.333. The highest BCUT2D eigenvalue weighted by molar-refractivity contribution is 9.10. The van der Waals surface area contributed by atoms with Crippen molar-refractivity contribution in [2.24, 2.45) is 0 Å². The molecule has 1 fully saturated rings. The van der Waals surface area contributed by atoms with Crippen molar-refractivity contribution in [1.82, 2.24) is 20.1 Å². The predicted octanol–water partition coefficient (Wildman–Crippen LogP) is 4.52. The molecule has 1 aliphatic rings. The van der Waals surface area contributed by atoms with Gasteiger partial charge in [0.25, 0.3) is 0 Å². The van der Waals surface area contributed by atoms with Crippen LogP contribution in [0.4, 0.5) is 5.82 Å². The van der Waals surface area contributed by atoms with Crippen molar-refractivity contribution in [2.45, 2.75) is 32.2 Å². The molecule has 3 heterocycles. The third-order valence-electron chi connectivity index (χ3n) is 4.38. The molecular formula is C18H17BrClN5O. The Labute approximate surface area is 164 Å². The van der Waals surface area contributed by atoms with Crippen molar-refractivity contribution in [3.8, 4) is 0 Å². The van der Waals surface area contributed by atoms with Crippen LogP contribution in [0.3, 0.4) is 0 Å². The maximum atomic E-state index is 6.10. The summed E-state index contributed by atoms with van der Waals surface area (Å²) in [6.45, 7) is 2.71. The molecule has 3 aromatic rings. The van der Waals surface area contributed by atoms with E-state index in [1.807, 2.05) is 31.2 Å². The second kappa shape index (κ2) is 7.32. The summed E-state index contributed by atoms with van der Waals surface area (Å²) >= 11 is 9.54. The van der Waals surface area contributed by atoms with E-state index >= 15 is 0 Å². The maximum Gasteiger partial charge on any atom is 0.249 e. The van der Waals surface area contributed by atoms with Gasteiger partial charge in [-0.15, -0.1) is 0 Å². The van der Waals surface area contributed by atoms with Crippen molar-refractivity contribution in [1.29, 1.82) is 0 Å². The molecule has 4 rings (SSSR count). The Morgan fingerprint density at radius 2 is 2.04 bits per heavy atom. The number of nitrogens with zero attached hydrogens (tertiary/aromatic N) is 5. The summed E-state index contributed by atoms with van der Waals surface area (Å²) in [5.41, 5.74) is 1.14. The van der Waals surface area contributed by atoms with Crippen LogP contribution in [0.25, 0.3) is 0 Å². The first-order valence-electron chi connectivity index (χ1n) is 8.43. The molecule has 6 nitrogen and oxygen atoms in total. The lowest BCUT2D eigenvalue weighted by atomic mass is 10.1. The number of aromatic nitrogens is 4. The number of hydrogen-bond donors (Lipinski definition) is 0. The monoisotopic (exact) mass is 433 g/mol. The lowest BCUT2D eigenvalue weighted by Gasteiger charge is -2.23. The molecule has 1 saturated heterocycles. The molecule has 8 heteroatoms. The zero-order valence-electron chi connectivity index (χ0n) is 14.2. The molecule has 0 saturated carbocycles. The Bertz CT molecular complexity index is 894. The van der Waals surface area contributed by atoms with Gasteiger partial charge in [0, 0.05) is 23.5 Å². The summed E-state index contributed by atoms with van der Waals surface area (Å²) in [5.74, 6) is 2.77. The molecule has 134 valence electrons. The van der Waals surface area contributed by atoms with Gasteiger partial charge in [0.05, 0.1) is 0 Å². The molecule has 0 spiro atoms. The number of benzene rings is 1. The number of aryl methyl sites for hydroxylation is 1. The number of hydrogen-bond acceptors (Lipinski definition) is 6. The number of halogens is 2. The SMILES string of the molecule is Cc1nc(Cl)cc(N2CCC[C@H]2c2nc(Cc3ccc(Br)cc3)no2)n1. The van der Waals surface area contributed by atoms with E-state index in [2.05, 4.69) is 40.9 Å². The molecule has 1 aliphatic heterocycles. The highest BCUT2D eigenvalue weighted by atomic mass is 79.9. The summed E-state index contributed by atoms with van der Waals surface area (Å²) in [6, 6.07) is 9.92. The van der Waals surface area contributed by atoms with E-state index in [0.29, 0.717) is 29.1 Å². The van der Waals surface area contributed by atoms with Gasteiger partial charge in [-0.05, 0) is 37.5 Å². The maximum absolute atomic E-state index is 6.10. The fourth-order valence-corrected chi connectivity index (χ4v) is 3.70. The topological polar surface area (TPSA) is 67.9 Å². The van der Waals surface area contributed by atoms with Gasteiger partial charge in [0.2, 0.25) is 5.89 Å². The van der Waals surface area contributed by atoms with Crippen LogP contribution in [-0.2, 0) is 6.42 Å². The van der Waals surface area contributed by atoms with Crippen molar-refractivity contribution in [2.75, 3.05) is 11.4 Å². The van der Waals surface area contributed by atoms with Gasteiger partial charge in [-0.25, -0.2) is 9.97 Å². The molecule has 0 N–H and O–H groups in total. The zero-order valence-corrected chi connectivity index (χ0v) is 16.5. The Morgan fingerprint density at radius 3 is 2.81 bits per heavy atom. The standard InChI is InChI=1S/C18H17BrClN5O/c1-11-21-15(20)10-17(22-11)25-8-2-3-14(25)18-23-16(24-26-18)9-12-4-6-13(19)7-5-12/h4-7,10,14H,2-3,8-9H2,1H3/t14-/m0/s1. The first kappa shape index (κ1) is 17.4. The van der Waals surface area contributed by atoms with Crippen LogP contribution >= 0.6 is 27.5 Å². The second-order valence-electron chi connectivity index (χ2n) is 6.30. The molecular weight excluding hydrogens is 418 g/mol. The van der Waals surface area contributed by atoms with Crippen LogP contribution in [0.2, 0.25) is 5.15 Å². The van der Waals surface area contributed by atoms with E-state index in [1.54, 1.807) is 6.07 Å². The third kappa shape index (κ3) is 3.73. The van der Waals surface area contributed by atoms with Crippen LogP contribution in [0.5, 0.6) is 0 Å². The van der Waals surface area contributed by atoms with Gasteiger partial charge in [-0.3, -0.25) is 0 Å². The first-order chi connectivity index (χ1) is 12.6. The summed E-state index contributed by atoms with van der Waals surface area (Å²) < 4.78 is 6.62. The Kier molecular flexibility index (Phi) is 4.91. The first-order valence-corrected chi connectivity index (χ1v) is 9.60. The van der Waals surface area contributed by atoms with Crippen LogP contribution in [0.15, 0.2) is 39.3 Å². The minimum Gasteiger partial charge on any atom is -0.344 e. The van der Waals surface area contributed by atoms with Gasteiger partial charge in [0.15, 0.2) is 5.82 Å². The van der Waals surface area contributed by atoms with Gasteiger partial charge < -0.3 is 9.42 Å². The quantitative estimate of drug-likeness (QED) is 0.563. The lowest BCUT2D eigenvalue weighted by molar-refractivity contribution is 0.351. The summed E-state index contributed by atoms with van der Waals surface area (Å²) in [6.07, 6.45) is 2.62. The zero-order chi connectivity index (χ0) is 18.1. The van der Waals surface area contributed by atoms with E-state index < -0.39 is 0 Å². The minimum atomic E-state index is 0.0199. The molecule has 2 aromatic heterocycles. The molecule has 26 heavy (non-hydrogen) atoms. The van der Waals surface area contributed by atoms with Crippen LogP contribution in [-0.4, -0.2) is 26.7 Å². The minimum absolute atomic E-state index is 0.0199. The second-order valence-corrected chi connectivity index (χ2v) is 7.60. The average Bonchev–Trinajstić information content (AvgIpc) is 3.25. The lowest BCUT2D eigenvalue weighted by Crippen LogP contribution is -2.24.